The number of nitro groups is 1. The van der Waals surface area contributed by atoms with E-state index in [-0.39, 0.29) is 16.9 Å². The van der Waals surface area contributed by atoms with Crippen molar-refractivity contribution in [2.45, 2.75) is 19.3 Å². The van der Waals surface area contributed by atoms with Gasteiger partial charge in [0.2, 0.25) is 0 Å². The van der Waals surface area contributed by atoms with Crippen molar-refractivity contribution in [2.75, 3.05) is 5.32 Å². The number of carboxylic acids is 1. The Kier molecular flexibility index (Phi) is 3.50. The van der Waals surface area contributed by atoms with E-state index in [9.17, 15) is 20.0 Å². The molecule has 0 spiro atoms. The van der Waals surface area contributed by atoms with Gasteiger partial charge < -0.3 is 10.4 Å². The number of rotatable bonds is 4. The minimum atomic E-state index is -1.20. The maximum atomic E-state index is 11.3. The first-order valence-electron chi connectivity index (χ1n) is 6.96. The summed E-state index contributed by atoms with van der Waals surface area (Å²) in [6.45, 7) is 0. The molecule has 3 rings (SSSR count). The van der Waals surface area contributed by atoms with Gasteiger partial charge >= 0.3 is 5.97 Å². The number of nitrogens with zero attached hydrogens (tertiary/aromatic N) is 1. The van der Waals surface area contributed by atoms with Crippen LogP contribution in [-0.4, -0.2) is 16.0 Å². The Morgan fingerprint density at radius 1 is 1.18 bits per heavy atom. The van der Waals surface area contributed by atoms with E-state index in [2.05, 4.69) is 5.32 Å². The van der Waals surface area contributed by atoms with Gasteiger partial charge in [-0.15, -0.1) is 0 Å². The number of hydrogen-bond donors (Lipinski definition) is 2. The zero-order valence-corrected chi connectivity index (χ0v) is 11.7. The van der Waals surface area contributed by atoms with E-state index in [0.29, 0.717) is 5.69 Å². The first-order chi connectivity index (χ1) is 10.6. The van der Waals surface area contributed by atoms with Gasteiger partial charge in [0.25, 0.3) is 5.69 Å². The number of hydrogen-bond acceptors (Lipinski definition) is 4. The molecule has 0 aromatic heterocycles. The second-order valence-corrected chi connectivity index (χ2v) is 5.22. The molecular weight excluding hydrogens is 284 g/mol. The van der Waals surface area contributed by atoms with Gasteiger partial charge in [0, 0.05) is 11.8 Å². The van der Waals surface area contributed by atoms with Crippen LogP contribution < -0.4 is 5.32 Å². The fourth-order valence-electron chi connectivity index (χ4n) is 2.80. The topological polar surface area (TPSA) is 92.5 Å². The minimum absolute atomic E-state index is 0.0120. The van der Waals surface area contributed by atoms with Crippen LogP contribution in [0.5, 0.6) is 0 Å². The second-order valence-electron chi connectivity index (χ2n) is 5.22. The van der Waals surface area contributed by atoms with Crippen molar-refractivity contribution in [3.05, 3.63) is 63.2 Å². The number of aryl methyl sites for hydroxylation is 2. The fourth-order valence-corrected chi connectivity index (χ4v) is 2.80. The van der Waals surface area contributed by atoms with E-state index in [1.807, 2.05) is 18.2 Å². The fraction of sp³-hybridized carbons (Fsp3) is 0.188. The predicted octanol–water partition coefficient (Wildman–Crippen LogP) is 3.53. The second kappa shape index (κ2) is 5.48. The third-order valence-corrected chi connectivity index (χ3v) is 3.84. The van der Waals surface area contributed by atoms with Crippen molar-refractivity contribution in [1.82, 2.24) is 0 Å². The van der Waals surface area contributed by atoms with Crippen molar-refractivity contribution >= 4 is 23.0 Å². The standard InChI is InChI=1S/C16H14N2O4/c19-16(20)13-5-2-6-14(18(21)22)15(13)17-12-8-7-10-3-1-4-11(10)9-12/h2,5-9,17H,1,3-4H2,(H,19,20). The molecule has 2 aromatic carbocycles. The molecule has 0 aliphatic heterocycles. The summed E-state index contributed by atoms with van der Waals surface area (Å²) in [5.41, 5.74) is 2.80. The number of benzene rings is 2. The highest BCUT2D eigenvalue weighted by Gasteiger charge is 2.22. The number of para-hydroxylation sites is 1. The van der Waals surface area contributed by atoms with Crippen LogP contribution in [0.4, 0.5) is 17.1 Å². The van der Waals surface area contributed by atoms with Crippen LogP contribution >= 0.6 is 0 Å². The number of aromatic carboxylic acids is 1. The van der Waals surface area contributed by atoms with Crippen molar-refractivity contribution in [3.63, 3.8) is 0 Å². The lowest BCUT2D eigenvalue weighted by molar-refractivity contribution is -0.383. The molecule has 0 saturated carbocycles. The number of fused-ring (bicyclic) bond motifs is 1. The lowest BCUT2D eigenvalue weighted by atomic mass is 10.1. The van der Waals surface area contributed by atoms with Gasteiger partial charge in [-0.3, -0.25) is 10.1 Å². The van der Waals surface area contributed by atoms with Crippen LogP contribution in [-0.2, 0) is 12.8 Å². The summed E-state index contributed by atoms with van der Waals surface area (Å²) in [4.78, 5) is 21.9. The maximum Gasteiger partial charge on any atom is 0.338 e. The Morgan fingerprint density at radius 2 is 1.95 bits per heavy atom. The van der Waals surface area contributed by atoms with Gasteiger partial charge in [-0.2, -0.15) is 0 Å². The highest BCUT2D eigenvalue weighted by atomic mass is 16.6. The van der Waals surface area contributed by atoms with E-state index in [1.54, 1.807) is 0 Å². The van der Waals surface area contributed by atoms with Crippen molar-refractivity contribution in [2.24, 2.45) is 0 Å². The number of nitrogens with one attached hydrogen (secondary N) is 1. The molecule has 6 nitrogen and oxygen atoms in total. The van der Waals surface area contributed by atoms with Gasteiger partial charge in [-0.25, -0.2) is 4.79 Å². The molecule has 0 heterocycles. The average molecular weight is 298 g/mol. The molecule has 1 aliphatic rings. The monoisotopic (exact) mass is 298 g/mol. The first-order valence-corrected chi connectivity index (χ1v) is 6.96. The molecule has 22 heavy (non-hydrogen) atoms. The minimum Gasteiger partial charge on any atom is -0.478 e. The molecule has 0 radical (unpaired) electrons. The SMILES string of the molecule is O=C(O)c1cccc([N+](=O)[O-])c1Nc1ccc2c(c1)CCC2. The molecule has 0 amide bonds. The van der Waals surface area contributed by atoms with Gasteiger partial charge in [0.05, 0.1) is 10.5 Å². The summed E-state index contributed by atoms with van der Waals surface area (Å²) in [6, 6.07) is 9.76. The first kappa shape index (κ1) is 14.1. The molecule has 6 heteroatoms. The third kappa shape index (κ3) is 2.50. The van der Waals surface area contributed by atoms with Gasteiger partial charge in [-0.05, 0) is 48.6 Å². The van der Waals surface area contributed by atoms with E-state index >= 15 is 0 Å². The Bertz CT molecular complexity index is 738. The maximum absolute atomic E-state index is 11.3. The van der Waals surface area contributed by atoms with Gasteiger partial charge in [-0.1, -0.05) is 12.1 Å². The summed E-state index contributed by atoms with van der Waals surface area (Å²) in [5.74, 6) is -1.20. The summed E-state index contributed by atoms with van der Waals surface area (Å²) in [7, 11) is 0. The zero-order chi connectivity index (χ0) is 15.7. The summed E-state index contributed by atoms with van der Waals surface area (Å²) < 4.78 is 0. The molecule has 0 bridgehead atoms. The number of nitro benzene ring substituents is 1. The van der Waals surface area contributed by atoms with Crippen molar-refractivity contribution in [1.29, 1.82) is 0 Å². The number of carbonyl (C=O) groups is 1. The summed E-state index contributed by atoms with van der Waals surface area (Å²) >= 11 is 0. The largest absolute Gasteiger partial charge is 0.478 e. The quantitative estimate of drug-likeness (QED) is 0.665. The van der Waals surface area contributed by atoms with Gasteiger partial charge in [0.1, 0.15) is 5.69 Å². The molecular formula is C16H14N2O4. The average Bonchev–Trinajstić information content (AvgIpc) is 2.94. The molecule has 0 saturated heterocycles. The molecule has 112 valence electrons. The molecule has 1 aliphatic carbocycles. The Balaban J connectivity index is 2.04. The number of carboxylic acid groups (broad SMARTS) is 1. The molecule has 2 aromatic rings. The van der Waals surface area contributed by atoms with Crippen LogP contribution in [0.25, 0.3) is 0 Å². The van der Waals surface area contributed by atoms with E-state index in [1.165, 1.54) is 29.3 Å². The van der Waals surface area contributed by atoms with Crippen molar-refractivity contribution < 1.29 is 14.8 Å². The van der Waals surface area contributed by atoms with Gasteiger partial charge in [0.15, 0.2) is 0 Å². The van der Waals surface area contributed by atoms with Crippen LogP contribution in [0, 0.1) is 10.1 Å². The molecule has 0 unspecified atom stereocenters. The predicted molar refractivity (Wildman–Crippen MR) is 81.8 cm³/mol. The van der Waals surface area contributed by atoms with E-state index in [0.717, 1.165) is 19.3 Å². The normalized spacial score (nSPS) is 12.7. The van der Waals surface area contributed by atoms with Crippen LogP contribution in [0.3, 0.4) is 0 Å². The van der Waals surface area contributed by atoms with E-state index < -0.39 is 10.9 Å². The van der Waals surface area contributed by atoms with Crippen molar-refractivity contribution in [3.8, 4) is 0 Å². The summed E-state index contributed by atoms with van der Waals surface area (Å²) in [6.07, 6.45) is 3.12. The Hall–Kier alpha value is -2.89. The smallest absolute Gasteiger partial charge is 0.338 e. The number of anilines is 2. The highest BCUT2D eigenvalue weighted by molar-refractivity contribution is 5.98. The molecule has 0 atom stereocenters. The lowest BCUT2D eigenvalue weighted by Crippen LogP contribution is -2.06. The molecule has 2 N–H and O–H groups in total. The highest BCUT2D eigenvalue weighted by Crippen LogP contribution is 2.33. The van der Waals surface area contributed by atoms with E-state index in [4.69, 9.17) is 0 Å². The summed E-state index contributed by atoms with van der Waals surface area (Å²) in [5, 5.41) is 23.3. The third-order valence-electron chi connectivity index (χ3n) is 3.84. The van der Waals surface area contributed by atoms with Crippen LogP contribution in [0.15, 0.2) is 36.4 Å². The Labute approximate surface area is 126 Å². The Morgan fingerprint density at radius 3 is 2.68 bits per heavy atom. The van der Waals surface area contributed by atoms with Crippen LogP contribution in [0.1, 0.15) is 27.9 Å². The lowest BCUT2D eigenvalue weighted by Gasteiger charge is -2.11. The molecule has 0 fully saturated rings. The zero-order valence-electron chi connectivity index (χ0n) is 11.7. The van der Waals surface area contributed by atoms with Crippen LogP contribution in [0.2, 0.25) is 0 Å².